The Labute approximate surface area is 121 Å². The molecule has 2 aromatic rings. The standard InChI is InChI=1S/C15H16FN3O2/c1-9(15(17)20)19-7-6-13-11(8-19)14(18-21-13)10-4-2-3-5-12(10)16/h2-5,9H,6-8H2,1H3,(H2,17,20). The second-order valence-electron chi connectivity index (χ2n) is 5.21. The molecule has 1 aromatic carbocycles. The first-order valence-corrected chi connectivity index (χ1v) is 6.83. The highest BCUT2D eigenvalue weighted by Crippen LogP contribution is 2.31. The van der Waals surface area contributed by atoms with Crippen molar-refractivity contribution in [2.75, 3.05) is 6.54 Å². The summed E-state index contributed by atoms with van der Waals surface area (Å²) in [5.74, 6) is 0.0391. The minimum absolute atomic E-state index is 0.339. The number of aromatic nitrogens is 1. The molecule has 1 unspecified atom stereocenters. The van der Waals surface area contributed by atoms with Gasteiger partial charge in [0.2, 0.25) is 5.91 Å². The van der Waals surface area contributed by atoms with Crippen LogP contribution < -0.4 is 5.73 Å². The lowest BCUT2D eigenvalue weighted by atomic mass is 10.00. The summed E-state index contributed by atoms with van der Waals surface area (Å²) in [6, 6.07) is 6.08. The molecule has 1 aromatic heterocycles. The molecule has 0 radical (unpaired) electrons. The quantitative estimate of drug-likeness (QED) is 0.933. The summed E-state index contributed by atoms with van der Waals surface area (Å²) in [5, 5.41) is 4.01. The maximum absolute atomic E-state index is 13.9. The highest BCUT2D eigenvalue weighted by Gasteiger charge is 2.29. The number of amides is 1. The lowest BCUT2D eigenvalue weighted by Crippen LogP contribution is -2.44. The van der Waals surface area contributed by atoms with E-state index in [0.717, 1.165) is 11.3 Å². The summed E-state index contributed by atoms with van der Waals surface area (Å²) >= 11 is 0. The van der Waals surface area contributed by atoms with Crippen LogP contribution in [0, 0.1) is 5.82 Å². The normalized spacial score (nSPS) is 16.5. The van der Waals surface area contributed by atoms with Crippen molar-refractivity contribution < 1.29 is 13.7 Å². The molecule has 6 heteroatoms. The van der Waals surface area contributed by atoms with Gasteiger partial charge in [-0.25, -0.2) is 4.39 Å². The van der Waals surface area contributed by atoms with Gasteiger partial charge in [0.15, 0.2) is 0 Å². The Kier molecular flexibility index (Phi) is 3.47. The molecular formula is C15H16FN3O2. The van der Waals surface area contributed by atoms with E-state index in [4.69, 9.17) is 10.3 Å². The Morgan fingerprint density at radius 1 is 1.48 bits per heavy atom. The van der Waals surface area contributed by atoms with Crippen LogP contribution in [0.2, 0.25) is 0 Å². The van der Waals surface area contributed by atoms with Crippen molar-refractivity contribution in [3.63, 3.8) is 0 Å². The molecule has 110 valence electrons. The summed E-state index contributed by atoms with van der Waals surface area (Å²) in [4.78, 5) is 13.3. The molecule has 1 amide bonds. The van der Waals surface area contributed by atoms with Crippen LogP contribution in [0.25, 0.3) is 11.3 Å². The Balaban J connectivity index is 1.97. The zero-order valence-corrected chi connectivity index (χ0v) is 11.7. The molecular weight excluding hydrogens is 273 g/mol. The molecule has 5 nitrogen and oxygen atoms in total. The fraction of sp³-hybridized carbons (Fsp3) is 0.333. The summed E-state index contributed by atoms with van der Waals surface area (Å²) in [5.41, 5.74) is 7.11. The van der Waals surface area contributed by atoms with E-state index < -0.39 is 0 Å². The van der Waals surface area contributed by atoms with Crippen LogP contribution >= 0.6 is 0 Å². The molecule has 0 spiro atoms. The van der Waals surface area contributed by atoms with Crippen LogP contribution in [0.4, 0.5) is 4.39 Å². The maximum atomic E-state index is 13.9. The van der Waals surface area contributed by atoms with Gasteiger partial charge in [-0.15, -0.1) is 0 Å². The first-order chi connectivity index (χ1) is 10.1. The van der Waals surface area contributed by atoms with Crippen LogP contribution in [-0.2, 0) is 17.8 Å². The molecule has 2 heterocycles. The Morgan fingerprint density at radius 2 is 2.24 bits per heavy atom. The number of primary amides is 1. The Hall–Kier alpha value is -2.21. The second kappa shape index (κ2) is 5.29. The van der Waals surface area contributed by atoms with E-state index in [1.54, 1.807) is 25.1 Å². The van der Waals surface area contributed by atoms with E-state index >= 15 is 0 Å². The number of benzene rings is 1. The first-order valence-electron chi connectivity index (χ1n) is 6.83. The van der Waals surface area contributed by atoms with E-state index in [0.29, 0.717) is 30.8 Å². The summed E-state index contributed by atoms with van der Waals surface area (Å²) in [6.07, 6.45) is 0.633. The molecule has 0 aliphatic carbocycles. The SMILES string of the molecule is CC(C(N)=O)N1CCc2onc(-c3ccccc3F)c2C1. The fourth-order valence-electron chi connectivity index (χ4n) is 2.61. The number of halogens is 1. The monoisotopic (exact) mass is 289 g/mol. The summed E-state index contributed by atoms with van der Waals surface area (Å²) in [6.45, 7) is 2.92. The molecule has 0 saturated heterocycles. The lowest BCUT2D eigenvalue weighted by Gasteiger charge is -2.29. The van der Waals surface area contributed by atoms with Gasteiger partial charge in [0.25, 0.3) is 0 Å². The van der Waals surface area contributed by atoms with Crippen LogP contribution in [0.1, 0.15) is 18.2 Å². The number of carbonyl (C=O) groups excluding carboxylic acids is 1. The molecule has 2 N–H and O–H groups in total. The zero-order valence-electron chi connectivity index (χ0n) is 11.7. The van der Waals surface area contributed by atoms with Crippen molar-refractivity contribution >= 4 is 5.91 Å². The minimum Gasteiger partial charge on any atom is -0.368 e. The molecule has 1 aliphatic rings. The van der Waals surface area contributed by atoms with Gasteiger partial charge >= 0.3 is 0 Å². The fourth-order valence-corrected chi connectivity index (χ4v) is 2.61. The maximum Gasteiger partial charge on any atom is 0.234 e. The summed E-state index contributed by atoms with van der Waals surface area (Å²) < 4.78 is 19.3. The number of nitrogens with two attached hydrogens (primary N) is 1. The van der Waals surface area contributed by atoms with Crippen molar-refractivity contribution in [3.05, 3.63) is 41.4 Å². The minimum atomic E-state index is -0.374. The van der Waals surface area contributed by atoms with Crippen molar-refractivity contribution in [3.8, 4) is 11.3 Å². The molecule has 1 atom stereocenters. The van der Waals surface area contributed by atoms with Crippen molar-refractivity contribution in [2.24, 2.45) is 5.73 Å². The van der Waals surface area contributed by atoms with E-state index in [1.165, 1.54) is 6.07 Å². The molecule has 0 bridgehead atoms. The number of fused-ring (bicyclic) bond motifs is 1. The Bertz CT molecular complexity index is 683. The number of carbonyl (C=O) groups is 1. The van der Waals surface area contributed by atoms with Gasteiger partial charge in [0.1, 0.15) is 17.3 Å². The second-order valence-corrected chi connectivity index (χ2v) is 5.21. The van der Waals surface area contributed by atoms with E-state index in [9.17, 15) is 9.18 Å². The Morgan fingerprint density at radius 3 is 2.95 bits per heavy atom. The third-order valence-electron chi connectivity index (χ3n) is 3.95. The van der Waals surface area contributed by atoms with Gasteiger partial charge in [0, 0.05) is 30.6 Å². The van der Waals surface area contributed by atoms with Gasteiger partial charge in [-0.05, 0) is 19.1 Å². The average Bonchev–Trinajstić information content (AvgIpc) is 2.89. The third-order valence-corrected chi connectivity index (χ3v) is 3.95. The van der Waals surface area contributed by atoms with Gasteiger partial charge in [-0.1, -0.05) is 17.3 Å². The van der Waals surface area contributed by atoms with Crippen molar-refractivity contribution in [1.29, 1.82) is 0 Å². The van der Waals surface area contributed by atoms with E-state index in [-0.39, 0.29) is 17.8 Å². The molecule has 21 heavy (non-hydrogen) atoms. The highest BCUT2D eigenvalue weighted by atomic mass is 19.1. The van der Waals surface area contributed by atoms with E-state index in [1.807, 2.05) is 4.90 Å². The van der Waals surface area contributed by atoms with Crippen LogP contribution in [0.15, 0.2) is 28.8 Å². The highest BCUT2D eigenvalue weighted by molar-refractivity contribution is 5.79. The molecule has 3 rings (SSSR count). The predicted molar refractivity (Wildman–Crippen MR) is 74.7 cm³/mol. The molecule has 0 fully saturated rings. The number of nitrogens with zero attached hydrogens (tertiary/aromatic N) is 2. The van der Waals surface area contributed by atoms with Crippen molar-refractivity contribution in [2.45, 2.75) is 25.9 Å². The van der Waals surface area contributed by atoms with Gasteiger partial charge in [0.05, 0.1) is 6.04 Å². The summed E-state index contributed by atoms with van der Waals surface area (Å²) in [7, 11) is 0. The van der Waals surface area contributed by atoms with Gasteiger partial charge < -0.3 is 10.3 Å². The largest absolute Gasteiger partial charge is 0.368 e. The lowest BCUT2D eigenvalue weighted by molar-refractivity contribution is -0.123. The predicted octanol–water partition coefficient (Wildman–Crippen LogP) is 1.71. The van der Waals surface area contributed by atoms with Crippen LogP contribution in [0.3, 0.4) is 0 Å². The third kappa shape index (κ3) is 2.42. The average molecular weight is 289 g/mol. The molecule has 1 aliphatic heterocycles. The van der Waals surface area contributed by atoms with E-state index in [2.05, 4.69) is 5.16 Å². The van der Waals surface area contributed by atoms with Gasteiger partial charge in [-0.2, -0.15) is 0 Å². The number of rotatable bonds is 3. The molecule has 0 saturated carbocycles. The number of hydrogen-bond donors (Lipinski definition) is 1. The number of hydrogen-bond acceptors (Lipinski definition) is 4. The zero-order chi connectivity index (χ0) is 15.0. The van der Waals surface area contributed by atoms with Crippen molar-refractivity contribution in [1.82, 2.24) is 10.1 Å². The van der Waals surface area contributed by atoms with Gasteiger partial charge in [-0.3, -0.25) is 9.69 Å². The first kappa shape index (κ1) is 13.8. The van der Waals surface area contributed by atoms with Crippen LogP contribution in [0.5, 0.6) is 0 Å². The smallest absolute Gasteiger partial charge is 0.234 e. The topological polar surface area (TPSA) is 72.4 Å². The van der Waals surface area contributed by atoms with Crippen LogP contribution in [-0.4, -0.2) is 28.6 Å².